The molecule has 32 heavy (non-hydrogen) atoms. The van der Waals surface area contributed by atoms with Crippen LogP contribution in [-0.4, -0.2) is 50.9 Å². The Morgan fingerprint density at radius 3 is 2.66 bits per heavy atom. The van der Waals surface area contributed by atoms with Gasteiger partial charge in [-0.1, -0.05) is 12.1 Å². The van der Waals surface area contributed by atoms with E-state index in [2.05, 4.69) is 31.4 Å². The van der Waals surface area contributed by atoms with Gasteiger partial charge in [0.1, 0.15) is 21.7 Å². The largest absolute Gasteiger partial charge is 0.355 e. The average Bonchev–Trinajstić information content (AvgIpc) is 3.25. The quantitative estimate of drug-likeness (QED) is 0.592. The number of pyridine rings is 1. The fraction of sp³-hybridized carbons (Fsp3) is 0.190. The zero-order valence-corrected chi connectivity index (χ0v) is 18.0. The van der Waals surface area contributed by atoms with Gasteiger partial charge in [-0.15, -0.1) is 10.2 Å². The second kappa shape index (κ2) is 7.92. The van der Waals surface area contributed by atoms with E-state index in [9.17, 15) is 18.8 Å². The van der Waals surface area contributed by atoms with Crippen LogP contribution in [0.15, 0.2) is 52.0 Å². The van der Waals surface area contributed by atoms with Gasteiger partial charge in [-0.25, -0.2) is 4.39 Å². The van der Waals surface area contributed by atoms with Crippen molar-refractivity contribution in [2.75, 3.05) is 18.5 Å². The third kappa shape index (κ3) is 3.49. The van der Waals surface area contributed by atoms with E-state index in [1.165, 1.54) is 36.5 Å². The minimum atomic E-state index is -0.701. The summed E-state index contributed by atoms with van der Waals surface area (Å²) in [6.45, 7) is 1.05. The van der Waals surface area contributed by atoms with Gasteiger partial charge in [0.05, 0.1) is 18.7 Å². The van der Waals surface area contributed by atoms with Crippen LogP contribution in [0.5, 0.6) is 0 Å². The first-order valence-electron chi connectivity index (χ1n) is 9.69. The first-order valence-corrected chi connectivity index (χ1v) is 10.5. The molecular weight excluding hydrogens is 485 g/mol. The second-order valence-corrected chi connectivity index (χ2v) is 8.09. The van der Waals surface area contributed by atoms with Gasteiger partial charge in [0.25, 0.3) is 11.8 Å². The summed E-state index contributed by atoms with van der Waals surface area (Å²) in [7, 11) is 0. The summed E-state index contributed by atoms with van der Waals surface area (Å²) in [6.07, 6.45) is 0.871. The predicted molar refractivity (Wildman–Crippen MR) is 115 cm³/mol. The Morgan fingerprint density at radius 2 is 1.94 bits per heavy atom. The number of hydrogen-bond acceptors (Lipinski definition) is 6. The van der Waals surface area contributed by atoms with Crippen molar-refractivity contribution in [3.05, 3.63) is 74.5 Å². The molecule has 0 bridgehead atoms. The van der Waals surface area contributed by atoms with Gasteiger partial charge >= 0.3 is 0 Å². The van der Waals surface area contributed by atoms with Crippen molar-refractivity contribution in [3.8, 4) is 11.1 Å². The Bertz CT molecular complexity index is 1290. The number of nitrogens with zero attached hydrogens (tertiary/aromatic N) is 4. The summed E-state index contributed by atoms with van der Waals surface area (Å²) in [5, 5.41) is 10.2. The van der Waals surface area contributed by atoms with Crippen molar-refractivity contribution < 1.29 is 18.7 Å². The van der Waals surface area contributed by atoms with Gasteiger partial charge in [-0.05, 0) is 45.8 Å². The molecule has 3 aromatic rings. The molecule has 0 radical (unpaired) electrons. The van der Waals surface area contributed by atoms with Crippen molar-refractivity contribution in [1.29, 1.82) is 0 Å². The lowest BCUT2D eigenvalue weighted by molar-refractivity contribution is 0.00909. The maximum Gasteiger partial charge on any atom is 0.273 e. The Hall–Kier alpha value is -3.44. The molecule has 1 aromatic carbocycles. The predicted octanol–water partition coefficient (Wildman–Crippen LogP) is 2.27. The molecule has 4 heterocycles. The Labute approximate surface area is 189 Å². The van der Waals surface area contributed by atoms with Gasteiger partial charge in [-0.3, -0.25) is 14.4 Å². The number of ether oxygens (including phenoxy) is 1. The molecule has 2 amide bonds. The minimum absolute atomic E-state index is 0.0369. The fourth-order valence-corrected chi connectivity index (χ4v) is 4.07. The van der Waals surface area contributed by atoms with Crippen LogP contribution >= 0.6 is 15.9 Å². The zero-order valence-electron chi connectivity index (χ0n) is 16.4. The van der Waals surface area contributed by atoms with E-state index in [1.54, 1.807) is 15.5 Å². The number of carbonyl (C=O) groups is 2. The molecule has 1 saturated heterocycles. The number of aromatic nitrogens is 3. The van der Waals surface area contributed by atoms with Crippen LogP contribution in [0.4, 0.5) is 10.2 Å². The van der Waals surface area contributed by atoms with Gasteiger partial charge in [0.15, 0.2) is 12.0 Å². The van der Waals surface area contributed by atoms with Gasteiger partial charge in [0.2, 0.25) is 5.43 Å². The van der Waals surface area contributed by atoms with E-state index in [1.807, 2.05) is 0 Å². The van der Waals surface area contributed by atoms with Crippen LogP contribution in [0.3, 0.4) is 0 Å². The lowest BCUT2D eigenvalue weighted by Gasteiger charge is -2.32. The first-order chi connectivity index (χ1) is 15.4. The lowest BCUT2D eigenvalue weighted by atomic mass is 9.98. The molecule has 1 unspecified atom stereocenters. The molecule has 2 aliphatic rings. The highest BCUT2D eigenvalue weighted by Gasteiger charge is 2.39. The molecular formula is C21H15BrFN5O4. The Morgan fingerprint density at radius 1 is 1.16 bits per heavy atom. The molecule has 0 aliphatic carbocycles. The molecule has 1 fully saturated rings. The minimum Gasteiger partial charge on any atom is -0.355 e. The molecule has 1 atom stereocenters. The summed E-state index contributed by atoms with van der Waals surface area (Å²) < 4.78 is 21.2. The van der Waals surface area contributed by atoms with Crippen molar-refractivity contribution in [2.24, 2.45) is 0 Å². The molecule has 162 valence electrons. The van der Waals surface area contributed by atoms with Crippen LogP contribution in [-0.2, 0) is 11.3 Å². The van der Waals surface area contributed by atoms with Crippen molar-refractivity contribution in [1.82, 2.24) is 19.7 Å². The number of hydrogen-bond donors (Lipinski definition) is 1. The number of benzene rings is 1. The standard InChI is InChI=1S/C21H15BrFN5O4/c22-14-5-6-15(26-25-14)24-20(30)13-9-27-10-16-28(7-8-32-16)21(31)18(27)17(19(13)29)11-1-3-12(23)4-2-11/h1-6,9,16H,7-8,10H2,(H,24,26,30). The molecule has 9 nitrogen and oxygen atoms in total. The highest BCUT2D eigenvalue weighted by molar-refractivity contribution is 9.10. The number of nitrogens with one attached hydrogen (secondary N) is 1. The number of anilines is 1. The average molecular weight is 500 g/mol. The number of rotatable bonds is 3. The van der Waals surface area contributed by atoms with Crippen LogP contribution in [0.2, 0.25) is 0 Å². The smallest absolute Gasteiger partial charge is 0.273 e. The van der Waals surface area contributed by atoms with Crippen molar-refractivity contribution >= 4 is 33.6 Å². The van der Waals surface area contributed by atoms with Crippen molar-refractivity contribution in [3.63, 3.8) is 0 Å². The Balaban J connectivity index is 1.66. The fourth-order valence-electron chi connectivity index (χ4n) is 3.86. The van der Waals surface area contributed by atoms with Crippen molar-refractivity contribution in [2.45, 2.75) is 12.8 Å². The van der Waals surface area contributed by atoms with Gasteiger partial charge < -0.3 is 19.5 Å². The Kier molecular flexibility index (Phi) is 5.06. The highest BCUT2D eigenvalue weighted by Crippen LogP contribution is 2.29. The topological polar surface area (TPSA) is 106 Å². The van der Waals surface area contributed by atoms with E-state index < -0.39 is 23.4 Å². The molecule has 2 aliphatic heterocycles. The zero-order chi connectivity index (χ0) is 22.4. The molecule has 11 heteroatoms. The number of amides is 2. The number of carbonyl (C=O) groups excluding carboxylic acids is 2. The molecule has 5 rings (SSSR count). The monoisotopic (exact) mass is 499 g/mol. The summed E-state index contributed by atoms with van der Waals surface area (Å²) in [5.41, 5.74) is -0.308. The van der Waals surface area contributed by atoms with Crippen LogP contribution in [0.25, 0.3) is 11.1 Å². The maximum atomic E-state index is 13.5. The highest BCUT2D eigenvalue weighted by atomic mass is 79.9. The van der Waals surface area contributed by atoms with E-state index in [4.69, 9.17) is 4.74 Å². The third-order valence-corrected chi connectivity index (χ3v) is 5.76. The maximum absolute atomic E-state index is 13.5. The molecule has 0 spiro atoms. The first kappa shape index (κ1) is 20.5. The number of fused-ring (bicyclic) bond motifs is 2. The summed E-state index contributed by atoms with van der Waals surface area (Å²) in [6, 6.07) is 8.34. The summed E-state index contributed by atoms with van der Waals surface area (Å²) in [5.74, 6) is -1.40. The summed E-state index contributed by atoms with van der Waals surface area (Å²) >= 11 is 3.16. The van der Waals surface area contributed by atoms with E-state index in [-0.39, 0.29) is 35.1 Å². The van der Waals surface area contributed by atoms with Crippen LogP contribution in [0, 0.1) is 5.82 Å². The van der Waals surface area contributed by atoms with E-state index in [0.29, 0.717) is 23.3 Å². The number of halogens is 2. The van der Waals surface area contributed by atoms with Gasteiger partial charge in [-0.2, -0.15) is 0 Å². The normalized spacial score (nSPS) is 17.1. The summed E-state index contributed by atoms with van der Waals surface area (Å²) in [4.78, 5) is 41.2. The third-order valence-electron chi connectivity index (χ3n) is 5.34. The molecule has 0 saturated carbocycles. The van der Waals surface area contributed by atoms with E-state index >= 15 is 0 Å². The van der Waals surface area contributed by atoms with E-state index in [0.717, 1.165) is 0 Å². The van der Waals surface area contributed by atoms with Gasteiger partial charge in [0, 0.05) is 12.7 Å². The SMILES string of the molecule is O=C(Nc1ccc(Br)nn1)c1cn2c(c(-c3ccc(F)cc3)c1=O)C(=O)N1CCOC1C2. The lowest BCUT2D eigenvalue weighted by Crippen LogP contribution is -2.47. The molecule has 2 aromatic heterocycles. The van der Waals surface area contributed by atoms with Crippen LogP contribution < -0.4 is 10.7 Å². The second-order valence-electron chi connectivity index (χ2n) is 7.27. The molecule has 1 N–H and O–H groups in total. The van der Waals surface area contributed by atoms with Crippen LogP contribution in [0.1, 0.15) is 20.8 Å².